The van der Waals surface area contributed by atoms with Crippen molar-refractivity contribution in [3.05, 3.63) is 42.0 Å². The van der Waals surface area contributed by atoms with Gasteiger partial charge in [0.05, 0.1) is 0 Å². The van der Waals surface area contributed by atoms with E-state index >= 15 is 0 Å². The second-order valence-electron chi connectivity index (χ2n) is 5.10. The van der Waals surface area contributed by atoms with E-state index in [0.29, 0.717) is 5.39 Å². The van der Waals surface area contributed by atoms with Crippen molar-refractivity contribution >= 4 is 22.6 Å². The van der Waals surface area contributed by atoms with Crippen molar-refractivity contribution in [3.63, 3.8) is 0 Å². The van der Waals surface area contributed by atoms with Gasteiger partial charge in [-0.2, -0.15) is 0 Å². The number of esters is 1. The first kappa shape index (κ1) is 13.4. The van der Waals surface area contributed by atoms with Crippen LogP contribution in [0.4, 0.5) is 0 Å². The highest BCUT2D eigenvalue weighted by Crippen LogP contribution is 2.28. The highest BCUT2D eigenvalue weighted by atomic mass is 16.5. The van der Waals surface area contributed by atoms with Crippen LogP contribution in [0.5, 0.6) is 5.75 Å². The number of ether oxygens (including phenoxy) is 1. The van der Waals surface area contributed by atoms with E-state index in [0.717, 1.165) is 18.2 Å². The quantitative estimate of drug-likeness (QED) is 0.842. The maximum absolute atomic E-state index is 12.0. The zero-order chi connectivity index (χ0) is 14.8. The molecule has 0 saturated heterocycles. The van der Waals surface area contributed by atoms with Crippen LogP contribution in [0.2, 0.25) is 0 Å². The molecule has 0 heterocycles. The number of amides is 1. The number of nitrogens with one attached hydrogen (secondary N) is 1. The highest BCUT2D eigenvalue weighted by molar-refractivity contribution is 6.01. The van der Waals surface area contributed by atoms with Crippen molar-refractivity contribution in [1.82, 2.24) is 5.32 Å². The third-order valence-corrected chi connectivity index (χ3v) is 3.40. The van der Waals surface area contributed by atoms with Crippen molar-refractivity contribution in [1.29, 1.82) is 0 Å². The van der Waals surface area contributed by atoms with Crippen LogP contribution in [0.1, 0.15) is 23.2 Å². The normalized spacial score (nSPS) is 13.9. The SMILES string of the molecule is O=C(COC(=O)c1ccc2ccccc2c1O)NC1CC1. The van der Waals surface area contributed by atoms with Gasteiger partial charge in [-0.3, -0.25) is 4.79 Å². The maximum atomic E-state index is 12.0. The number of fused-ring (bicyclic) bond motifs is 1. The van der Waals surface area contributed by atoms with Crippen molar-refractivity contribution in [2.75, 3.05) is 6.61 Å². The predicted molar refractivity (Wildman–Crippen MR) is 77.1 cm³/mol. The summed E-state index contributed by atoms with van der Waals surface area (Å²) in [6.45, 7) is -0.332. The summed E-state index contributed by atoms with van der Waals surface area (Å²) in [4.78, 5) is 23.4. The van der Waals surface area contributed by atoms with E-state index in [1.807, 2.05) is 12.1 Å². The molecule has 2 aromatic rings. The average Bonchev–Trinajstić information content (AvgIpc) is 3.29. The molecule has 1 fully saturated rings. The van der Waals surface area contributed by atoms with E-state index < -0.39 is 5.97 Å². The average molecular weight is 285 g/mol. The van der Waals surface area contributed by atoms with Gasteiger partial charge in [0.25, 0.3) is 5.91 Å². The summed E-state index contributed by atoms with van der Waals surface area (Å²) in [6.07, 6.45) is 1.95. The van der Waals surface area contributed by atoms with Crippen molar-refractivity contribution in [3.8, 4) is 5.75 Å². The summed E-state index contributed by atoms with van der Waals surface area (Å²) in [5, 5.41) is 14.3. The van der Waals surface area contributed by atoms with E-state index in [9.17, 15) is 14.7 Å². The molecule has 1 amide bonds. The molecule has 0 aliphatic heterocycles. The van der Waals surface area contributed by atoms with Gasteiger partial charge in [-0.25, -0.2) is 4.79 Å². The Morgan fingerprint density at radius 2 is 1.95 bits per heavy atom. The number of phenolic OH excluding ortho intramolecular Hbond substituents is 1. The Hall–Kier alpha value is -2.56. The summed E-state index contributed by atoms with van der Waals surface area (Å²) in [5.41, 5.74) is 0.0629. The number of rotatable bonds is 4. The summed E-state index contributed by atoms with van der Waals surface area (Å²) >= 11 is 0. The van der Waals surface area contributed by atoms with E-state index in [1.165, 1.54) is 6.07 Å². The molecule has 0 radical (unpaired) electrons. The molecule has 0 spiro atoms. The van der Waals surface area contributed by atoms with Crippen molar-refractivity contribution in [2.24, 2.45) is 0 Å². The summed E-state index contributed by atoms with van der Waals surface area (Å²) in [7, 11) is 0. The van der Waals surface area contributed by atoms with E-state index in [-0.39, 0.29) is 29.9 Å². The molecule has 1 aliphatic carbocycles. The molecule has 0 bridgehead atoms. The molecule has 108 valence electrons. The number of benzene rings is 2. The molecule has 1 aliphatic rings. The molecular weight excluding hydrogens is 270 g/mol. The van der Waals surface area contributed by atoms with Crippen molar-refractivity contribution < 1.29 is 19.4 Å². The first-order valence-electron chi connectivity index (χ1n) is 6.82. The highest BCUT2D eigenvalue weighted by Gasteiger charge is 2.24. The number of phenols is 1. The molecule has 0 atom stereocenters. The van der Waals surface area contributed by atoms with Gasteiger partial charge in [-0.1, -0.05) is 30.3 Å². The minimum absolute atomic E-state index is 0.0629. The van der Waals surface area contributed by atoms with Gasteiger partial charge in [0.2, 0.25) is 0 Å². The molecule has 5 heteroatoms. The van der Waals surface area contributed by atoms with Crippen molar-refractivity contribution in [2.45, 2.75) is 18.9 Å². The third kappa shape index (κ3) is 2.97. The number of carbonyl (C=O) groups excluding carboxylic acids is 2. The fourth-order valence-corrected chi connectivity index (χ4v) is 2.13. The van der Waals surface area contributed by atoms with Crippen LogP contribution in [-0.4, -0.2) is 29.6 Å². The van der Waals surface area contributed by atoms with Crippen LogP contribution in [0.15, 0.2) is 36.4 Å². The van der Waals surface area contributed by atoms with E-state index in [4.69, 9.17) is 4.74 Å². The largest absolute Gasteiger partial charge is 0.506 e. The maximum Gasteiger partial charge on any atom is 0.342 e. The van der Waals surface area contributed by atoms with Gasteiger partial charge in [-0.15, -0.1) is 0 Å². The molecule has 5 nitrogen and oxygen atoms in total. The second-order valence-corrected chi connectivity index (χ2v) is 5.10. The Kier molecular flexibility index (Phi) is 3.48. The Balaban J connectivity index is 1.71. The Morgan fingerprint density at radius 1 is 1.19 bits per heavy atom. The van der Waals surface area contributed by atoms with Crippen LogP contribution in [0.3, 0.4) is 0 Å². The predicted octanol–water partition coefficient (Wildman–Crippen LogP) is 1.98. The first-order chi connectivity index (χ1) is 10.1. The number of hydrogen-bond acceptors (Lipinski definition) is 4. The third-order valence-electron chi connectivity index (χ3n) is 3.40. The van der Waals surface area contributed by atoms with Gasteiger partial charge < -0.3 is 15.2 Å². The van der Waals surface area contributed by atoms with Crippen LogP contribution in [0.25, 0.3) is 10.8 Å². The van der Waals surface area contributed by atoms with Gasteiger partial charge in [0.15, 0.2) is 6.61 Å². The molecular formula is C16H15NO4. The first-order valence-corrected chi connectivity index (χ1v) is 6.82. The minimum Gasteiger partial charge on any atom is -0.506 e. The molecule has 3 rings (SSSR count). The van der Waals surface area contributed by atoms with Gasteiger partial charge in [0, 0.05) is 11.4 Å². The lowest BCUT2D eigenvalue weighted by atomic mass is 10.1. The van der Waals surface area contributed by atoms with E-state index in [2.05, 4.69) is 5.32 Å². The lowest BCUT2D eigenvalue weighted by Crippen LogP contribution is -2.30. The molecule has 2 N–H and O–H groups in total. The number of hydrogen-bond donors (Lipinski definition) is 2. The lowest BCUT2D eigenvalue weighted by molar-refractivity contribution is -0.124. The zero-order valence-corrected chi connectivity index (χ0v) is 11.3. The summed E-state index contributed by atoms with van der Waals surface area (Å²) in [6, 6.07) is 10.6. The number of aromatic hydroxyl groups is 1. The fourth-order valence-electron chi connectivity index (χ4n) is 2.13. The fraction of sp³-hybridized carbons (Fsp3) is 0.250. The molecule has 1 saturated carbocycles. The van der Waals surface area contributed by atoms with Crippen LogP contribution >= 0.6 is 0 Å². The minimum atomic E-state index is -0.704. The molecule has 0 aromatic heterocycles. The molecule has 2 aromatic carbocycles. The summed E-state index contributed by atoms with van der Waals surface area (Å²) in [5.74, 6) is -1.14. The number of carbonyl (C=O) groups is 2. The Morgan fingerprint density at radius 3 is 2.71 bits per heavy atom. The van der Waals surface area contributed by atoms with E-state index in [1.54, 1.807) is 18.2 Å². The standard InChI is InChI=1S/C16H15NO4/c18-14(17-11-6-7-11)9-21-16(20)13-8-5-10-3-1-2-4-12(10)15(13)19/h1-5,8,11,19H,6-7,9H2,(H,17,18). The Labute approximate surface area is 121 Å². The Bertz CT molecular complexity index is 706. The van der Waals surface area contributed by atoms with Crippen LogP contribution in [0, 0.1) is 0 Å². The monoisotopic (exact) mass is 285 g/mol. The van der Waals surface area contributed by atoms with Gasteiger partial charge >= 0.3 is 5.97 Å². The topological polar surface area (TPSA) is 75.6 Å². The van der Waals surface area contributed by atoms with Crippen LogP contribution < -0.4 is 5.32 Å². The zero-order valence-electron chi connectivity index (χ0n) is 11.3. The van der Waals surface area contributed by atoms with Crippen LogP contribution in [-0.2, 0) is 9.53 Å². The second kappa shape index (κ2) is 5.44. The lowest BCUT2D eigenvalue weighted by Gasteiger charge is -2.08. The molecule has 0 unspecified atom stereocenters. The van der Waals surface area contributed by atoms with Gasteiger partial charge in [0.1, 0.15) is 11.3 Å². The smallest absolute Gasteiger partial charge is 0.342 e. The summed E-state index contributed by atoms with van der Waals surface area (Å²) < 4.78 is 4.94. The molecule has 21 heavy (non-hydrogen) atoms. The van der Waals surface area contributed by atoms with Gasteiger partial charge in [-0.05, 0) is 24.3 Å².